The topological polar surface area (TPSA) is 62.3 Å². The third kappa shape index (κ3) is 4.19. The van der Waals surface area contributed by atoms with Crippen LogP contribution in [0.4, 0.5) is 5.69 Å². The molecule has 0 amide bonds. The van der Waals surface area contributed by atoms with Gasteiger partial charge >= 0.3 is 0 Å². The zero-order valence-electron chi connectivity index (χ0n) is 12.0. The molecule has 106 valence electrons. The average Bonchev–Trinajstić information content (AvgIpc) is 2.92. The summed E-state index contributed by atoms with van der Waals surface area (Å²) in [5.74, 6) is 0. The summed E-state index contributed by atoms with van der Waals surface area (Å²) in [7, 11) is -1.03. The molecular formula is C13H23N3O2Si. The van der Waals surface area contributed by atoms with Crippen molar-refractivity contribution < 1.29 is 9.47 Å². The van der Waals surface area contributed by atoms with Crippen molar-refractivity contribution in [3.63, 3.8) is 0 Å². The normalized spacial score (nSPS) is 15.8. The fraction of sp³-hybridized carbons (Fsp3) is 0.615. The largest absolute Gasteiger partial charge is 0.396 e. The van der Waals surface area contributed by atoms with Crippen molar-refractivity contribution in [2.75, 3.05) is 25.6 Å². The number of hydrogen-bond acceptors (Lipinski definition) is 4. The fourth-order valence-electron chi connectivity index (χ4n) is 1.84. The average molecular weight is 281 g/mol. The Balaban J connectivity index is 1.86. The van der Waals surface area contributed by atoms with Gasteiger partial charge in [-0.1, -0.05) is 25.7 Å². The molecule has 0 unspecified atom stereocenters. The van der Waals surface area contributed by atoms with E-state index in [9.17, 15) is 0 Å². The Kier molecular flexibility index (Phi) is 4.44. The van der Waals surface area contributed by atoms with Gasteiger partial charge in [0.05, 0.1) is 25.1 Å². The first-order chi connectivity index (χ1) is 8.96. The van der Waals surface area contributed by atoms with E-state index < -0.39 is 8.07 Å². The number of rotatable bonds is 6. The Morgan fingerprint density at radius 2 is 2.26 bits per heavy atom. The molecule has 19 heavy (non-hydrogen) atoms. The molecule has 0 spiro atoms. The van der Waals surface area contributed by atoms with Crippen LogP contribution >= 0.6 is 0 Å². The van der Waals surface area contributed by atoms with E-state index in [0.29, 0.717) is 25.6 Å². The second-order valence-electron chi connectivity index (χ2n) is 6.07. The Labute approximate surface area is 115 Å². The Hall–Kier alpha value is -1.11. The number of nitrogens with two attached hydrogens (primary N) is 1. The summed E-state index contributed by atoms with van der Waals surface area (Å²) < 4.78 is 12.7. The number of anilines is 1. The lowest BCUT2D eigenvalue weighted by Crippen LogP contribution is -2.22. The number of nitrogen functional groups attached to an aromatic ring is 1. The van der Waals surface area contributed by atoms with Gasteiger partial charge in [-0.15, -0.1) is 0 Å². The molecule has 0 saturated heterocycles. The van der Waals surface area contributed by atoms with Crippen molar-refractivity contribution in [1.82, 2.24) is 9.78 Å². The number of aromatic nitrogens is 2. The summed E-state index contributed by atoms with van der Waals surface area (Å²) in [6, 6.07) is 1.16. The third-order valence-corrected chi connectivity index (χ3v) is 4.72. The van der Waals surface area contributed by atoms with Crippen LogP contribution in [0.3, 0.4) is 0 Å². The smallest absolute Gasteiger partial charge is 0.139 e. The molecule has 1 aromatic heterocycles. The van der Waals surface area contributed by atoms with E-state index in [-0.39, 0.29) is 0 Å². The first-order valence-corrected chi connectivity index (χ1v) is 10.3. The minimum absolute atomic E-state index is 0.461. The van der Waals surface area contributed by atoms with Gasteiger partial charge in [0, 0.05) is 20.3 Å². The van der Waals surface area contributed by atoms with Crippen molar-refractivity contribution in [2.45, 2.75) is 32.4 Å². The van der Waals surface area contributed by atoms with E-state index >= 15 is 0 Å². The van der Waals surface area contributed by atoms with Crippen LogP contribution in [0, 0.1) is 0 Å². The van der Waals surface area contributed by atoms with Crippen LogP contribution in [-0.2, 0) is 16.2 Å². The van der Waals surface area contributed by atoms with Crippen LogP contribution in [0.5, 0.6) is 0 Å². The summed E-state index contributed by atoms with van der Waals surface area (Å²) >= 11 is 0. The van der Waals surface area contributed by atoms with E-state index in [1.165, 1.54) is 0 Å². The van der Waals surface area contributed by atoms with Gasteiger partial charge in [0.25, 0.3) is 0 Å². The molecule has 2 rings (SSSR count). The predicted octanol–water partition coefficient (Wildman–Crippen LogP) is 2.19. The van der Waals surface area contributed by atoms with Crippen LogP contribution in [0.15, 0.2) is 12.3 Å². The van der Waals surface area contributed by atoms with E-state index in [2.05, 4.69) is 24.7 Å². The molecule has 2 heterocycles. The zero-order chi connectivity index (χ0) is 13.9. The van der Waals surface area contributed by atoms with Crippen LogP contribution in [0.25, 0.3) is 5.57 Å². The lowest BCUT2D eigenvalue weighted by atomic mass is 10.2. The highest BCUT2D eigenvalue weighted by atomic mass is 28.3. The third-order valence-electron chi connectivity index (χ3n) is 3.02. The standard InChI is InChI=1S/C13H23N3O2Si/c1-19(2,3)7-6-18-10-16-8-12(14)13(15-16)11-4-5-17-9-11/h4,8H,5-7,9-10,14H2,1-3H3. The highest BCUT2D eigenvalue weighted by Crippen LogP contribution is 2.22. The van der Waals surface area contributed by atoms with Crippen molar-refractivity contribution in [1.29, 1.82) is 0 Å². The lowest BCUT2D eigenvalue weighted by molar-refractivity contribution is 0.0785. The zero-order valence-corrected chi connectivity index (χ0v) is 13.0. The predicted molar refractivity (Wildman–Crippen MR) is 79.5 cm³/mol. The molecule has 1 aromatic rings. The van der Waals surface area contributed by atoms with Crippen LogP contribution in [0.1, 0.15) is 5.69 Å². The number of hydrogen-bond donors (Lipinski definition) is 1. The molecule has 6 heteroatoms. The molecule has 0 saturated carbocycles. The van der Waals surface area contributed by atoms with Gasteiger partial charge in [-0.2, -0.15) is 5.10 Å². The summed E-state index contributed by atoms with van der Waals surface area (Å²) in [6.07, 6.45) is 3.85. The van der Waals surface area contributed by atoms with Crippen LogP contribution in [-0.4, -0.2) is 37.7 Å². The molecule has 0 aliphatic carbocycles. The SMILES string of the molecule is C[Si](C)(C)CCOCn1cc(N)c(C2=CCOC2)n1. The van der Waals surface area contributed by atoms with Gasteiger partial charge < -0.3 is 15.2 Å². The maximum absolute atomic E-state index is 5.97. The number of nitrogens with zero attached hydrogens (tertiary/aromatic N) is 2. The Bertz CT molecular complexity index is 463. The summed E-state index contributed by atoms with van der Waals surface area (Å²) in [4.78, 5) is 0. The van der Waals surface area contributed by atoms with Gasteiger partial charge in [0.2, 0.25) is 0 Å². The molecule has 0 aromatic carbocycles. The van der Waals surface area contributed by atoms with Crippen LogP contribution < -0.4 is 5.73 Å². The molecule has 5 nitrogen and oxygen atoms in total. The van der Waals surface area contributed by atoms with Crippen molar-refractivity contribution in [3.8, 4) is 0 Å². The first-order valence-electron chi connectivity index (χ1n) is 6.63. The maximum Gasteiger partial charge on any atom is 0.139 e. The minimum atomic E-state index is -1.03. The van der Waals surface area contributed by atoms with Gasteiger partial charge in [-0.25, -0.2) is 4.68 Å². The number of ether oxygens (including phenoxy) is 2. The Morgan fingerprint density at radius 3 is 2.89 bits per heavy atom. The van der Waals surface area contributed by atoms with E-state index in [4.69, 9.17) is 15.2 Å². The lowest BCUT2D eigenvalue weighted by Gasteiger charge is -2.15. The second kappa shape index (κ2) is 5.90. The summed E-state index contributed by atoms with van der Waals surface area (Å²) in [5.41, 5.74) is 8.55. The summed E-state index contributed by atoms with van der Waals surface area (Å²) in [5, 5.41) is 4.46. The molecule has 0 atom stereocenters. The quantitative estimate of drug-likeness (QED) is 0.641. The molecule has 0 radical (unpaired) electrons. The highest BCUT2D eigenvalue weighted by molar-refractivity contribution is 6.76. The van der Waals surface area contributed by atoms with Gasteiger partial charge in [0.15, 0.2) is 0 Å². The van der Waals surface area contributed by atoms with E-state index in [0.717, 1.165) is 23.9 Å². The molecule has 1 aliphatic rings. The van der Waals surface area contributed by atoms with Gasteiger partial charge in [0.1, 0.15) is 12.4 Å². The van der Waals surface area contributed by atoms with Gasteiger partial charge in [-0.05, 0) is 6.04 Å². The van der Waals surface area contributed by atoms with E-state index in [1.807, 2.05) is 12.3 Å². The minimum Gasteiger partial charge on any atom is -0.396 e. The van der Waals surface area contributed by atoms with Crippen molar-refractivity contribution in [3.05, 3.63) is 18.0 Å². The summed E-state index contributed by atoms with van der Waals surface area (Å²) in [6.45, 7) is 9.51. The first kappa shape index (κ1) is 14.3. The monoisotopic (exact) mass is 281 g/mol. The molecule has 0 fully saturated rings. The second-order valence-corrected chi connectivity index (χ2v) is 11.7. The van der Waals surface area contributed by atoms with Gasteiger partial charge in [-0.3, -0.25) is 0 Å². The van der Waals surface area contributed by atoms with E-state index in [1.54, 1.807) is 4.68 Å². The highest BCUT2D eigenvalue weighted by Gasteiger charge is 2.15. The molecule has 2 N–H and O–H groups in total. The molecule has 1 aliphatic heterocycles. The van der Waals surface area contributed by atoms with Crippen molar-refractivity contribution in [2.24, 2.45) is 0 Å². The Morgan fingerprint density at radius 1 is 1.47 bits per heavy atom. The van der Waals surface area contributed by atoms with Crippen LogP contribution in [0.2, 0.25) is 25.7 Å². The molecular weight excluding hydrogens is 258 g/mol. The maximum atomic E-state index is 5.97. The van der Waals surface area contributed by atoms with Crippen molar-refractivity contribution >= 4 is 19.3 Å². The molecule has 0 bridgehead atoms. The fourth-order valence-corrected chi connectivity index (χ4v) is 2.60.